The van der Waals surface area contributed by atoms with Gasteiger partial charge in [0.25, 0.3) is 0 Å². The van der Waals surface area contributed by atoms with Crippen molar-refractivity contribution in [2.24, 2.45) is 5.73 Å². The van der Waals surface area contributed by atoms with E-state index < -0.39 is 46.1 Å². The highest BCUT2D eigenvalue weighted by atomic mass is 32.2. The number of carbonyl (C=O) groups is 4. The number of carboxylic acid groups (broad SMARTS) is 1. The summed E-state index contributed by atoms with van der Waals surface area (Å²) in [4.78, 5) is 52.9. The topological polar surface area (TPSA) is 188 Å². The Hall–Kier alpha value is -4.79. The fourth-order valence-corrected chi connectivity index (χ4v) is 10.9. The second kappa shape index (κ2) is 15.9. The number of piperidine rings is 2. The Morgan fingerprint density at radius 2 is 1.68 bits per heavy atom. The van der Waals surface area contributed by atoms with E-state index in [2.05, 4.69) is 32.0 Å². The van der Waals surface area contributed by atoms with Crippen LogP contribution in [0.15, 0.2) is 57.7 Å². The van der Waals surface area contributed by atoms with Crippen LogP contribution in [0.25, 0.3) is 5.57 Å². The molecule has 6 aliphatic rings. The normalized spacial score (nSPS) is 20.3. The van der Waals surface area contributed by atoms with E-state index in [1.165, 1.54) is 28.0 Å². The van der Waals surface area contributed by atoms with Gasteiger partial charge in [0.05, 0.1) is 23.4 Å². The Morgan fingerprint density at radius 1 is 0.930 bits per heavy atom. The zero-order chi connectivity index (χ0) is 40.0. The molecular formula is C43H51N5O8S. The predicted molar refractivity (Wildman–Crippen MR) is 214 cm³/mol. The van der Waals surface area contributed by atoms with E-state index in [-0.39, 0.29) is 43.2 Å². The molecule has 0 saturated carbocycles. The number of hydrogen-bond acceptors (Lipinski definition) is 9. The fraction of sp³-hybridized carbons (Fsp3) is 0.488. The Morgan fingerprint density at radius 3 is 2.44 bits per heavy atom. The number of rotatable bonds is 14. The van der Waals surface area contributed by atoms with Crippen LogP contribution in [0.3, 0.4) is 0 Å². The zero-order valence-electron chi connectivity index (χ0n) is 32.5. The lowest BCUT2D eigenvalue weighted by atomic mass is 9.74. The first-order valence-electron chi connectivity index (χ1n) is 20.4. The maximum Gasteiger partial charge on any atom is 0.303 e. The first kappa shape index (κ1) is 39.1. The number of nitrogens with two attached hydrogens (primary N) is 1. The van der Waals surface area contributed by atoms with Crippen LogP contribution >= 0.6 is 0 Å². The Balaban J connectivity index is 1.08. The molecule has 5 heterocycles. The molecule has 2 unspecified atom stereocenters. The summed E-state index contributed by atoms with van der Waals surface area (Å²) in [5, 5.41) is 11.5. The molecule has 13 nitrogen and oxygen atoms in total. The Kier molecular flexibility index (Phi) is 10.9. The molecule has 0 radical (unpaired) electrons. The highest BCUT2D eigenvalue weighted by molar-refractivity contribution is 7.89. The summed E-state index contributed by atoms with van der Waals surface area (Å²) >= 11 is 0. The number of aliphatic carboxylic acids is 1. The number of primary amides is 1. The monoisotopic (exact) mass is 797 g/mol. The number of ether oxygens (including phenoxy) is 1. The summed E-state index contributed by atoms with van der Waals surface area (Å²) in [6, 6.07) is 6.70. The van der Waals surface area contributed by atoms with Gasteiger partial charge in [0.1, 0.15) is 11.5 Å². The van der Waals surface area contributed by atoms with Crippen molar-refractivity contribution in [3.63, 3.8) is 0 Å². The van der Waals surface area contributed by atoms with Crippen molar-refractivity contribution >= 4 is 44.9 Å². The fourth-order valence-electron chi connectivity index (χ4n) is 9.81. The molecule has 2 fully saturated rings. The minimum Gasteiger partial charge on any atom is -0.481 e. The van der Waals surface area contributed by atoms with Crippen molar-refractivity contribution in [3.05, 3.63) is 80.6 Å². The van der Waals surface area contributed by atoms with E-state index in [0.717, 1.165) is 117 Å². The van der Waals surface area contributed by atoms with Gasteiger partial charge in [-0.3, -0.25) is 24.1 Å². The van der Waals surface area contributed by atoms with Crippen LogP contribution in [0.1, 0.15) is 98.4 Å². The van der Waals surface area contributed by atoms with Gasteiger partial charge in [-0.15, -0.1) is 0 Å². The molecular weight excluding hydrogens is 747 g/mol. The second-order valence-electron chi connectivity index (χ2n) is 16.2. The van der Waals surface area contributed by atoms with Crippen LogP contribution in [0.4, 0.5) is 5.69 Å². The van der Waals surface area contributed by atoms with Crippen LogP contribution < -0.4 is 25.4 Å². The molecule has 5 N–H and O–H groups in total. The largest absolute Gasteiger partial charge is 0.481 e. The number of anilines is 1. The molecule has 57 heavy (non-hydrogen) atoms. The number of nitrogens with zero attached hydrogens (tertiary/aromatic N) is 2. The molecule has 0 bridgehead atoms. The van der Waals surface area contributed by atoms with E-state index in [0.29, 0.717) is 0 Å². The Labute approximate surface area is 333 Å². The molecule has 1 aliphatic carbocycles. The quantitative estimate of drug-likeness (QED) is 0.216. The maximum absolute atomic E-state index is 13.6. The number of Topliss-reactive ketones (excluding diaryl/α,β-unsaturated/α-hetero) is 1. The zero-order valence-corrected chi connectivity index (χ0v) is 33.3. The number of sulfonamides is 1. The van der Waals surface area contributed by atoms with E-state index in [9.17, 15) is 27.6 Å². The summed E-state index contributed by atoms with van der Waals surface area (Å²) in [5.74, 6) is -1.08. The highest BCUT2D eigenvalue weighted by Gasteiger charge is 2.42. The van der Waals surface area contributed by atoms with Crippen molar-refractivity contribution < 1.29 is 37.4 Å². The van der Waals surface area contributed by atoms with E-state index in [1.807, 2.05) is 13.0 Å². The molecule has 5 aliphatic heterocycles. The highest BCUT2D eigenvalue weighted by Crippen LogP contribution is 2.54. The van der Waals surface area contributed by atoms with Crippen molar-refractivity contribution in [1.82, 2.24) is 14.9 Å². The first-order valence-corrected chi connectivity index (χ1v) is 21.8. The number of carbonyl (C=O) groups excluding carboxylic acids is 3. The molecule has 8 rings (SSSR count). The van der Waals surface area contributed by atoms with Crippen LogP contribution in [-0.4, -0.2) is 86.8 Å². The van der Waals surface area contributed by atoms with E-state index in [4.69, 9.17) is 15.6 Å². The predicted octanol–water partition coefficient (Wildman–Crippen LogP) is 4.19. The molecule has 14 heteroatoms. The molecule has 2 aromatic carbocycles. The SMILES string of the molecule is Cc1cc(S(=O)(=O)NCCC(=O)NC(CCC(N)=O)C(=O)CCC(=O)O)ccc1C1=C2C=C3CCCN4CCCC(=C2Oc2c1cc1c5c2CCCN5CCC1)C34. The number of amides is 2. The van der Waals surface area contributed by atoms with Gasteiger partial charge in [0.15, 0.2) is 5.78 Å². The van der Waals surface area contributed by atoms with Crippen LogP contribution in [0, 0.1) is 6.92 Å². The number of aryl methyl sites for hydroxylation is 2. The first-order chi connectivity index (χ1) is 27.4. The molecule has 0 aromatic heterocycles. The number of allylic oxidation sites excluding steroid dienone is 1. The van der Waals surface area contributed by atoms with E-state index in [1.54, 1.807) is 12.1 Å². The number of benzene rings is 2. The summed E-state index contributed by atoms with van der Waals surface area (Å²) in [6.45, 7) is 6.00. The standard InChI is InChI=1S/C43H51N5O8S/c1-25-22-28(57(54,55)45-17-16-37(51)46-34(12-14-36(44)50)35(49)13-15-38(52)53)10-11-29(25)39-32-23-26-6-2-18-47-20-4-8-30(40(26)47)42(32)56-43-31-9-5-21-48-19-3-7-27(41(31)48)24-33(39)43/h10-11,22-24,34,40,45H,2-9,12-21H2,1H3,(H2,44,50)(H,46,51)(H,52,53). The smallest absolute Gasteiger partial charge is 0.303 e. The van der Waals surface area contributed by atoms with Crippen LogP contribution in [0.5, 0.6) is 5.75 Å². The Bertz CT molecular complexity index is 2260. The lowest BCUT2D eigenvalue weighted by Crippen LogP contribution is -2.47. The van der Waals surface area contributed by atoms with E-state index >= 15 is 0 Å². The van der Waals surface area contributed by atoms with Gasteiger partial charge in [0.2, 0.25) is 21.8 Å². The van der Waals surface area contributed by atoms with Gasteiger partial charge in [0, 0.05) is 66.9 Å². The number of ketones is 1. The second-order valence-corrected chi connectivity index (χ2v) is 17.9. The number of hydrogen-bond donors (Lipinski definition) is 4. The van der Waals surface area contributed by atoms with Gasteiger partial charge >= 0.3 is 5.97 Å². The van der Waals surface area contributed by atoms with Gasteiger partial charge in [-0.25, -0.2) is 13.1 Å². The average Bonchev–Trinajstić information content (AvgIpc) is 3.18. The summed E-state index contributed by atoms with van der Waals surface area (Å²) < 4.78 is 37.0. The average molecular weight is 798 g/mol. The minimum absolute atomic E-state index is 0.0669. The molecule has 2 aromatic rings. The van der Waals surface area contributed by atoms with Crippen molar-refractivity contribution in [2.45, 2.75) is 107 Å². The third-order valence-corrected chi connectivity index (χ3v) is 13.8. The number of carboxylic acids is 1. The summed E-state index contributed by atoms with van der Waals surface area (Å²) in [7, 11) is -4.04. The van der Waals surface area contributed by atoms with Crippen LogP contribution in [0.2, 0.25) is 0 Å². The van der Waals surface area contributed by atoms with Gasteiger partial charge in [-0.2, -0.15) is 0 Å². The number of fused-ring (bicyclic) bond motifs is 3. The van der Waals surface area contributed by atoms with Gasteiger partial charge < -0.3 is 25.8 Å². The van der Waals surface area contributed by atoms with Crippen molar-refractivity contribution in [3.8, 4) is 5.75 Å². The molecule has 2 amide bonds. The summed E-state index contributed by atoms with van der Waals surface area (Å²) in [5.41, 5.74) is 17.0. The number of nitrogens with one attached hydrogen (secondary N) is 2. The maximum atomic E-state index is 13.6. The molecule has 302 valence electrons. The molecule has 0 spiro atoms. The van der Waals surface area contributed by atoms with Crippen molar-refractivity contribution in [2.75, 3.05) is 37.6 Å². The van der Waals surface area contributed by atoms with Crippen molar-refractivity contribution in [1.29, 1.82) is 0 Å². The molecule has 2 saturated heterocycles. The van der Waals surface area contributed by atoms with Crippen LogP contribution in [-0.2, 0) is 42.0 Å². The van der Waals surface area contributed by atoms with Gasteiger partial charge in [-0.1, -0.05) is 6.07 Å². The minimum atomic E-state index is -4.04. The van der Waals surface area contributed by atoms with Gasteiger partial charge in [-0.05, 0) is 130 Å². The third kappa shape index (κ3) is 7.66. The lowest BCUT2D eigenvalue weighted by molar-refractivity contribution is -0.139. The summed E-state index contributed by atoms with van der Waals surface area (Å²) in [6.07, 6.45) is 9.47. The molecule has 2 atom stereocenters. The third-order valence-electron chi connectivity index (χ3n) is 12.3. The lowest BCUT2D eigenvalue weighted by Gasteiger charge is -2.47.